The van der Waals surface area contributed by atoms with Crippen LogP contribution >= 0.6 is 0 Å². The summed E-state index contributed by atoms with van der Waals surface area (Å²) in [5.41, 5.74) is 7.98. The van der Waals surface area contributed by atoms with Crippen LogP contribution in [0.25, 0.3) is 44.8 Å². The maximum Gasteiger partial charge on any atom is 0.161 e. The van der Waals surface area contributed by atoms with Gasteiger partial charge in [0.1, 0.15) is 11.6 Å². The number of phenolic OH excluding ortho intramolecular Hbond substituents is 2. The van der Waals surface area contributed by atoms with E-state index in [0.717, 1.165) is 44.8 Å². The summed E-state index contributed by atoms with van der Waals surface area (Å²) in [6.45, 7) is 4.09. The molecule has 2 aromatic heterocycles. The first kappa shape index (κ1) is 24.7. The van der Waals surface area contributed by atoms with Crippen molar-refractivity contribution >= 4 is 22.1 Å². The molecule has 0 aliphatic carbocycles. The highest BCUT2D eigenvalue weighted by Crippen LogP contribution is 2.32. The number of hydrogen-bond acceptors (Lipinski definition) is 6. The molecule has 2 heterocycles. The normalized spacial score (nSPS) is 10.8. The minimum Gasteiger partial charge on any atom is -0.504 e. The second-order valence-electron chi connectivity index (χ2n) is 8.99. The number of fused-ring (bicyclic) bond motifs is 2. The Bertz CT molecular complexity index is 1620. The molecule has 6 aromatic rings. The molecule has 0 aliphatic rings. The average molecular weight is 509 g/mol. The molecule has 0 unspecified atom stereocenters. The number of aryl methyl sites for hydroxylation is 2. The van der Waals surface area contributed by atoms with E-state index in [1.807, 2.05) is 50.2 Å². The molecular weight excluding hydrogens is 480 g/mol. The largest absolute Gasteiger partial charge is 0.504 e. The monoisotopic (exact) mass is 508 g/mol. The number of aromatic nitrogens is 4. The van der Waals surface area contributed by atoms with E-state index < -0.39 is 0 Å². The van der Waals surface area contributed by atoms with Crippen LogP contribution in [0.15, 0.2) is 72.8 Å². The highest BCUT2D eigenvalue weighted by molar-refractivity contribution is 5.81. The lowest BCUT2D eigenvalue weighted by Gasteiger charge is -2.04. The van der Waals surface area contributed by atoms with E-state index in [-0.39, 0.29) is 11.5 Å². The summed E-state index contributed by atoms with van der Waals surface area (Å²) >= 11 is 0. The summed E-state index contributed by atoms with van der Waals surface area (Å²) in [6, 6.07) is 22.5. The van der Waals surface area contributed by atoms with Gasteiger partial charge in [0.05, 0.1) is 36.3 Å². The number of nitrogens with zero attached hydrogens (tertiary/aromatic N) is 2. The number of rotatable bonds is 4. The first-order valence-corrected chi connectivity index (χ1v) is 12.0. The van der Waals surface area contributed by atoms with E-state index in [4.69, 9.17) is 9.47 Å². The number of methoxy groups -OCH3 is 2. The highest BCUT2D eigenvalue weighted by Gasteiger charge is 2.10. The van der Waals surface area contributed by atoms with Crippen molar-refractivity contribution in [1.82, 2.24) is 19.9 Å². The fourth-order valence-electron chi connectivity index (χ4n) is 4.17. The first-order valence-electron chi connectivity index (χ1n) is 12.0. The molecule has 0 bridgehead atoms. The molecule has 0 fully saturated rings. The lowest BCUT2D eigenvalue weighted by molar-refractivity contribution is 0.373. The Morgan fingerprint density at radius 2 is 1.00 bits per heavy atom. The Kier molecular flexibility index (Phi) is 6.62. The average Bonchev–Trinajstić information content (AvgIpc) is 3.53. The van der Waals surface area contributed by atoms with Gasteiger partial charge in [-0.15, -0.1) is 0 Å². The van der Waals surface area contributed by atoms with Gasteiger partial charge < -0.3 is 29.7 Å². The molecule has 6 rings (SSSR count). The number of ether oxygens (including phenoxy) is 2. The van der Waals surface area contributed by atoms with Crippen LogP contribution in [0, 0.1) is 13.8 Å². The van der Waals surface area contributed by atoms with Crippen LogP contribution in [0.3, 0.4) is 0 Å². The Morgan fingerprint density at radius 3 is 1.39 bits per heavy atom. The molecular formula is C30H28N4O4. The van der Waals surface area contributed by atoms with Crippen molar-refractivity contribution < 1.29 is 19.7 Å². The number of imidazole rings is 2. The number of hydrogen-bond donors (Lipinski definition) is 4. The van der Waals surface area contributed by atoms with E-state index in [0.29, 0.717) is 11.5 Å². The number of aromatic hydroxyl groups is 2. The SMILES string of the molecule is COc1cc(-c2nc3ccc(C)cc3[nH]2)ccc1O.COc1cc(-c2nc3ccc(C)cc3[nH]2)ccc1O. The molecule has 4 N–H and O–H groups in total. The summed E-state index contributed by atoms with van der Waals surface area (Å²) < 4.78 is 10.2. The second-order valence-corrected chi connectivity index (χ2v) is 8.99. The summed E-state index contributed by atoms with van der Waals surface area (Å²) in [6.07, 6.45) is 0. The minimum absolute atomic E-state index is 0.123. The fraction of sp³-hybridized carbons (Fsp3) is 0.133. The van der Waals surface area contributed by atoms with Crippen molar-refractivity contribution in [3.05, 3.63) is 83.9 Å². The zero-order chi connectivity index (χ0) is 26.8. The van der Waals surface area contributed by atoms with Crippen LogP contribution in [0.1, 0.15) is 11.1 Å². The Labute approximate surface area is 219 Å². The summed E-state index contributed by atoms with van der Waals surface area (Å²) in [5, 5.41) is 19.2. The van der Waals surface area contributed by atoms with Gasteiger partial charge in [-0.3, -0.25) is 0 Å². The predicted molar refractivity (Wildman–Crippen MR) is 149 cm³/mol. The van der Waals surface area contributed by atoms with Gasteiger partial charge in [0.2, 0.25) is 0 Å². The van der Waals surface area contributed by atoms with Crippen LogP contribution in [0.5, 0.6) is 23.0 Å². The number of benzene rings is 4. The molecule has 8 nitrogen and oxygen atoms in total. The molecule has 0 radical (unpaired) electrons. The number of nitrogens with one attached hydrogen (secondary N) is 2. The quantitative estimate of drug-likeness (QED) is 0.216. The Balaban J connectivity index is 0.000000155. The van der Waals surface area contributed by atoms with Crippen molar-refractivity contribution in [2.45, 2.75) is 13.8 Å². The van der Waals surface area contributed by atoms with Crippen LogP contribution in [0.2, 0.25) is 0 Å². The number of H-pyrrole nitrogens is 2. The van der Waals surface area contributed by atoms with E-state index >= 15 is 0 Å². The minimum atomic E-state index is 0.123. The Morgan fingerprint density at radius 1 is 0.579 bits per heavy atom. The lowest BCUT2D eigenvalue weighted by atomic mass is 10.2. The van der Waals surface area contributed by atoms with Gasteiger partial charge in [0.25, 0.3) is 0 Å². The van der Waals surface area contributed by atoms with Gasteiger partial charge >= 0.3 is 0 Å². The molecule has 0 amide bonds. The lowest BCUT2D eigenvalue weighted by Crippen LogP contribution is -1.86. The van der Waals surface area contributed by atoms with E-state index in [9.17, 15) is 10.2 Å². The van der Waals surface area contributed by atoms with Crippen molar-refractivity contribution in [1.29, 1.82) is 0 Å². The summed E-state index contributed by atoms with van der Waals surface area (Å²) in [5.74, 6) is 2.65. The third kappa shape index (κ3) is 4.97. The van der Waals surface area contributed by atoms with Crippen molar-refractivity contribution in [2.24, 2.45) is 0 Å². The van der Waals surface area contributed by atoms with Crippen molar-refractivity contribution in [3.63, 3.8) is 0 Å². The van der Waals surface area contributed by atoms with Gasteiger partial charge in [-0.25, -0.2) is 9.97 Å². The van der Waals surface area contributed by atoms with Crippen LogP contribution in [-0.2, 0) is 0 Å². The molecule has 0 aliphatic heterocycles. The van der Waals surface area contributed by atoms with Gasteiger partial charge in [0, 0.05) is 11.1 Å². The molecule has 0 atom stereocenters. The predicted octanol–water partition coefficient (Wildman–Crippen LogP) is 6.51. The molecule has 192 valence electrons. The van der Waals surface area contributed by atoms with E-state index in [2.05, 4.69) is 32.1 Å². The maximum atomic E-state index is 9.60. The molecule has 0 saturated carbocycles. The van der Waals surface area contributed by atoms with Crippen LogP contribution in [-0.4, -0.2) is 44.4 Å². The van der Waals surface area contributed by atoms with E-state index in [1.54, 1.807) is 24.3 Å². The van der Waals surface area contributed by atoms with Crippen LogP contribution < -0.4 is 9.47 Å². The summed E-state index contributed by atoms with van der Waals surface area (Å²) in [4.78, 5) is 15.6. The smallest absolute Gasteiger partial charge is 0.161 e. The van der Waals surface area contributed by atoms with Crippen molar-refractivity contribution in [3.8, 4) is 45.8 Å². The maximum absolute atomic E-state index is 9.60. The van der Waals surface area contributed by atoms with Gasteiger partial charge in [-0.2, -0.15) is 0 Å². The molecule has 0 spiro atoms. The van der Waals surface area contributed by atoms with Crippen molar-refractivity contribution in [2.75, 3.05) is 14.2 Å². The fourth-order valence-corrected chi connectivity index (χ4v) is 4.17. The summed E-state index contributed by atoms with van der Waals surface area (Å²) in [7, 11) is 3.06. The molecule has 38 heavy (non-hydrogen) atoms. The third-order valence-electron chi connectivity index (χ3n) is 6.18. The van der Waals surface area contributed by atoms with Crippen LogP contribution in [0.4, 0.5) is 0 Å². The van der Waals surface area contributed by atoms with Gasteiger partial charge in [-0.1, -0.05) is 12.1 Å². The first-order chi connectivity index (χ1) is 18.3. The Hall–Kier alpha value is -4.98. The standard InChI is InChI=1S/2C15H14N2O2/c2*1-9-3-5-11-12(7-9)17-15(16-11)10-4-6-13(18)14(8-10)19-2/h2*3-8,18H,1-2H3,(H,16,17). The molecule has 0 saturated heterocycles. The topological polar surface area (TPSA) is 116 Å². The highest BCUT2D eigenvalue weighted by atomic mass is 16.5. The number of aromatic amines is 2. The van der Waals surface area contributed by atoms with Gasteiger partial charge in [-0.05, 0) is 85.6 Å². The zero-order valence-electron chi connectivity index (χ0n) is 21.5. The van der Waals surface area contributed by atoms with E-state index in [1.165, 1.54) is 25.3 Å². The van der Waals surface area contributed by atoms with Gasteiger partial charge in [0.15, 0.2) is 23.0 Å². The molecule has 4 aromatic carbocycles. The molecule has 8 heteroatoms. The third-order valence-corrected chi connectivity index (χ3v) is 6.18. The second kappa shape index (κ2) is 10.2. The number of phenols is 2. The zero-order valence-corrected chi connectivity index (χ0v) is 21.5.